The van der Waals surface area contributed by atoms with Crippen LogP contribution in [0.3, 0.4) is 0 Å². The number of aliphatic hydroxyl groups excluding tert-OH is 1. The predicted molar refractivity (Wildman–Crippen MR) is 72.3 cm³/mol. The van der Waals surface area contributed by atoms with E-state index in [-0.39, 0.29) is 6.61 Å². The van der Waals surface area contributed by atoms with Gasteiger partial charge < -0.3 is 19.1 Å². The van der Waals surface area contributed by atoms with Gasteiger partial charge in [0.15, 0.2) is 0 Å². The van der Waals surface area contributed by atoms with Crippen LogP contribution >= 0.6 is 0 Å². The van der Waals surface area contributed by atoms with E-state index >= 15 is 0 Å². The minimum atomic E-state index is -0.624. The van der Waals surface area contributed by atoms with Crippen LogP contribution in [0.5, 0.6) is 0 Å². The zero-order valence-corrected chi connectivity index (χ0v) is 12.3. The fourth-order valence-corrected chi connectivity index (χ4v) is 2.79. The molecule has 1 aromatic heterocycles. The number of hydrogen-bond acceptors (Lipinski definition) is 6. The van der Waals surface area contributed by atoms with E-state index in [9.17, 15) is 5.11 Å². The van der Waals surface area contributed by atoms with Crippen LogP contribution in [0.4, 0.5) is 0 Å². The first-order chi connectivity index (χ1) is 9.70. The molecule has 20 heavy (non-hydrogen) atoms. The number of ether oxygens (including phenoxy) is 2. The third-order valence-electron chi connectivity index (χ3n) is 3.95. The highest BCUT2D eigenvalue weighted by molar-refractivity contribution is 5.03. The summed E-state index contributed by atoms with van der Waals surface area (Å²) in [6.45, 7) is 0.257. The molecule has 1 fully saturated rings. The summed E-state index contributed by atoms with van der Waals surface area (Å²) in [5, 5.41) is 13.8. The molecule has 1 heterocycles. The highest BCUT2D eigenvalue weighted by Crippen LogP contribution is 2.37. The largest absolute Gasteiger partial charge is 0.390 e. The van der Waals surface area contributed by atoms with Gasteiger partial charge in [-0.1, -0.05) is 30.8 Å². The van der Waals surface area contributed by atoms with Crippen molar-refractivity contribution in [3.05, 3.63) is 11.7 Å². The Morgan fingerprint density at radius 3 is 2.55 bits per heavy atom. The van der Waals surface area contributed by atoms with Crippen molar-refractivity contribution in [2.45, 2.75) is 56.7 Å². The zero-order valence-electron chi connectivity index (χ0n) is 12.3. The Hall–Kier alpha value is -0.980. The van der Waals surface area contributed by atoms with Crippen molar-refractivity contribution in [1.29, 1.82) is 0 Å². The van der Waals surface area contributed by atoms with Gasteiger partial charge >= 0.3 is 0 Å². The molecule has 1 aliphatic carbocycles. The molecule has 6 nitrogen and oxygen atoms in total. The molecule has 6 heteroatoms. The van der Waals surface area contributed by atoms with E-state index in [0.29, 0.717) is 18.1 Å². The molecule has 0 aliphatic heterocycles. The van der Waals surface area contributed by atoms with Crippen molar-refractivity contribution in [2.24, 2.45) is 0 Å². The molecule has 1 atom stereocenters. The van der Waals surface area contributed by atoms with Gasteiger partial charge in [0.05, 0.1) is 19.1 Å². The predicted octanol–water partition coefficient (Wildman–Crippen LogP) is 1.82. The lowest BCUT2D eigenvalue weighted by Crippen LogP contribution is -2.29. The molecule has 1 aliphatic rings. The van der Waals surface area contributed by atoms with Gasteiger partial charge in [-0.2, -0.15) is 4.98 Å². The fraction of sp³-hybridized carbons (Fsp3) is 0.857. The second-order valence-electron chi connectivity index (χ2n) is 5.44. The molecule has 1 aromatic rings. The van der Waals surface area contributed by atoms with Crippen LogP contribution in [0.25, 0.3) is 0 Å². The highest BCUT2D eigenvalue weighted by atomic mass is 16.5. The first kappa shape index (κ1) is 15.4. The van der Waals surface area contributed by atoms with E-state index < -0.39 is 11.7 Å². The minimum Gasteiger partial charge on any atom is -0.390 e. The standard InChI is InChI=1S/C14H24N2O4/c1-18-10-11(17)9-12-15-13(16-20-12)14(19-2)7-5-3-4-6-8-14/h11,17H,3-10H2,1-2H3. The van der Waals surface area contributed by atoms with Crippen molar-refractivity contribution in [2.75, 3.05) is 20.8 Å². The van der Waals surface area contributed by atoms with Crippen LogP contribution in [0.2, 0.25) is 0 Å². The molecule has 1 saturated carbocycles. The molecule has 2 rings (SSSR count). The Morgan fingerprint density at radius 2 is 1.95 bits per heavy atom. The second kappa shape index (κ2) is 7.15. The maximum absolute atomic E-state index is 9.70. The average Bonchev–Trinajstić information content (AvgIpc) is 2.76. The first-order valence-corrected chi connectivity index (χ1v) is 7.25. The van der Waals surface area contributed by atoms with Gasteiger partial charge in [-0.3, -0.25) is 0 Å². The van der Waals surface area contributed by atoms with Crippen molar-refractivity contribution < 1.29 is 19.1 Å². The molecule has 0 saturated heterocycles. The number of aromatic nitrogens is 2. The summed E-state index contributed by atoms with van der Waals surface area (Å²) in [6, 6.07) is 0. The summed E-state index contributed by atoms with van der Waals surface area (Å²) in [7, 11) is 3.26. The maximum atomic E-state index is 9.70. The Bertz CT molecular complexity index is 400. The molecular formula is C14H24N2O4. The number of aliphatic hydroxyl groups is 1. The summed E-state index contributed by atoms with van der Waals surface area (Å²) >= 11 is 0. The number of methoxy groups -OCH3 is 2. The highest BCUT2D eigenvalue weighted by Gasteiger charge is 2.37. The molecule has 0 spiro atoms. The van der Waals surface area contributed by atoms with E-state index in [1.807, 2.05) is 0 Å². The summed E-state index contributed by atoms with van der Waals surface area (Å²) in [5.41, 5.74) is -0.426. The summed E-state index contributed by atoms with van der Waals surface area (Å²) in [6.07, 6.45) is 6.20. The van der Waals surface area contributed by atoms with E-state index in [1.54, 1.807) is 14.2 Å². The van der Waals surface area contributed by atoms with Gasteiger partial charge in [-0.05, 0) is 12.8 Å². The van der Waals surface area contributed by atoms with Crippen molar-refractivity contribution in [3.8, 4) is 0 Å². The minimum absolute atomic E-state index is 0.257. The number of nitrogens with zero attached hydrogens (tertiary/aromatic N) is 2. The molecule has 0 aromatic carbocycles. The van der Waals surface area contributed by atoms with Crippen LogP contribution in [-0.2, 0) is 21.5 Å². The van der Waals surface area contributed by atoms with Crippen LogP contribution in [0, 0.1) is 0 Å². The smallest absolute Gasteiger partial charge is 0.229 e. The Kier molecular flexibility index (Phi) is 5.51. The summed E-state index contributed by atoms with van der Waals surface area (Å²) in [4.78, 5) is 4.42. The summed E-state index contributed by atoms with van der Waals surface area (Å²) < 4.78 is 15.9. The van der Waals surface area contributed by atoms with Gasteiger partial charge in [0.1, 0.15) is 5.60 Å². The molecule has 0 bridgehead atoms. The first-order valence-electron chi connectivity index (χ1n) is 7.25. The quantitative estimate of drug-likeness (QED) is 0.803. The molecule has 1 N–H and O–H groups in total. The van der Waals surface area contributed by atoms with Gasteiger partial charge in [-0.25, -0.2) is 0 Å². The van der Waals surface area contributed by atoms with Crippen molar-refractivity contribution in [3.63, 3.8) is 0 Å². The molecular weight excluding hydrogens is 260 g/mol. The molecule has 1 unspecified atom stereocenters. The lowest BCUT2D eigenvalue weighted by molar-refractivity contribution is -0.0365. The maximum Gasteiger partial charge on any atom is 0.229 e. The van der Waals surface area contributed by atoms with Gasteiger partial charge in [0, 0.05) is 14.2 Å². The number of rotatable bonds is 6. The monoisotopic (exact) mass is 284 g/mol. The van der Waals surface area contributed by atoms with Gasteiger partial charge in [0.25, 0.3) is 0 Å². The lowest BCUT2D eigenvalue weighted by Gasteiger charge is -2.27. The molecule has 114 valence electrons. The van der Waals surface area contributed by atoms with Crippen LogP contribution in [0.1, 0.15) is 50.2 Å². The molecule has 0 radical (unpaired) electrons. The van der Waals surface area contributed by atoms with Gasteiger partial charge in [0.2, 0.25) is 11.7 Å². The van der Waals surface area contributed by atoms with Crippen molar-refractivity contribution >= 4 is 0 Å². The third kappa shape index (κ3) is 3.56. The topological polar surface area (TPSA) is 77.6 Å². The van der Waals surface area contributed by atoms with Crippen LogP contribution in [0.15, 0.2) is 4.52 Å². The van der Waals surface area contributed by atoms with E-state index in [4.69, 9.17) is 14.0 Å². The second-order valence-corrected chi connectivity index (χ2v) is 5.44. The normalized spacial score (nSPS) is 20.6. The van der Waals surface area contributed by atoms with Crippen molar-refractivity contribution in [1.82, 2.24) is 10.1 Å². The average molecular weight is 284 g/mol. The van der Waals surface area contributed by atoms with E-state index in [1.165, 1.54) is 12.8 Å². The van der Waals surface area contributed by atoms with E-state index in [0.717, 1.165) is 25.7 Å². The fourth-order valence-electron chi connectivity index (χ4n) is 2.79. The van der Waals surface area contributed by atoms with Crippen LogP contribution in [-0.4, -0.2) is 42.2 Å². The Balaban J connectivity index is 2.08. The number of hydrogen-bond donors (Lipinski definition) is 1. The summed E-state index contributed by atoms with van der Waals surface area (Å²) in [5.74, 6) is 1.05. The Labute approximate surface area is 119 Å². The van der Waals surface area contributed by atoms with Gasteiger partial charge in [-0.15, -0.1) is 0 Å². The SMILES string of the molecule is COCC(O)Cc1nc(C2(OC)CCCCCC2)no1. The zero-order chi connectivity index (χ0) is 14.4. The van der Waals surface area contributed by atoms with Crippen LogP contribution < -0.4 is 0 Å². The lowest BCUT2D eigenvalue weighted by atomic mass is 9.93. The van der Waals surface area contributed by atoms with E-state index in [2.05, 4.69) is 10.1 Å². The molecule has 0 amide bonds. The Morgan fingerprint density at radius 1 is 1.25 bits per heavy atom. The third-order valence-corrected chi connectivity index (χ3v) is 3.95.